The van der Waals surface area contributed by atoms with Gasteiger partial charge in [0.05, 0.1) is 5.41 Å². The van der Waals surface area contributed by atoms with Gasteiger partial charge in [-0.3, -0.25) is 0 Å². The minimum atomic E-state index is -0.619. The predicted octanol–water partition coefficient (Wildman–Crippen LogP) is 14.9. The van der Waals surface area contributed by atoms with Crippen LogP contribution in [0, 0.1) is 0 Å². The van der Waals surface area contributed by atoms with Crippen molar-refractivity contribution in [1.82, 2.24) is 15.0 Å². The van der Waals surface area contributed by atoms with Crippen molar-refractivity contribution >= 4 is 31.5 Å². The highest BCUT2D eigenvalue weighted by atomic mass is 32.1. The minimum Gasteiger partial charge on any atom is -0.208 e. The molecule has 4 heteroatoms. The van der Waals surface area contributed by atoms with Gasteiger partial charge in [-0.25, -0.2) is 15.0 Å². The van der Waals surface area contributed by atoms with Gasteiger partial charge in [-0.2, -0.15) is 0 Å². The summed E-state index contributed by atoms with van der Waals surface area (Å²) in [7, 11) is 0. The number of benzene rings is 9. The molecule has 0 atom stereocenters. The fraction of sp³-hybridized carbons (Fsp3) is 0.0172. The van der Waals surface area contributed by atoms with E-state index in [9.17, 15) is 0 Å². The molecule has 0 aliphatic heterocycles. The lowest BCUT2D eigenvalue weighted by Crippen LogP contribution is -2.29. The van der Waals surface area contributed by atoms with Crippen LogP contribution < -0.4 is 0 Å². The van der Waals surface area contributed by atoms with Crippen molar-refractivity contribution in [3.63, 3.8) is 0 Å². The molecular formula is C58H37N3S. The Morgan fingerprint density at radius 1 is 0.306 bits per heavy atom. The quantitative estimate of drug-likeness (QED) is 0.161. The van der Waals surface area contributed by atoms with Crippen molar-refractivity contribution in [2.24, 2.45) is 0 Å². The first-order valence-corrected chi connectivity index (χ1v) is 21.8. The molecule has 0 radical (unpaired) electrons. The standard InChI is InChI=1S/C58H37N3S/c1-4-15-38(16-5-1)39-27-31-41(32-28-39)55-59-56(42-33-29-40(30-34-42)43-35-36-53-50(37-43)47-22-11-13-26-52(47)62-53)61-57(60-55)49-24-14-23-48-46-21-10-12-25-51(46)58(54(48)49,44-17-6-2-7-18-44)45-19-8-3-9-20-45/h1-37H. The zero-order chi connectivity index (χ0) is 41.0. The van der Waals surface area contributed by atoms with Crippen molar-refractivity contribution in [3.8, 4) is 67.5 Å². The fourth-order valence-corrected chi connectivity index (χ4v) is 10.7. The normalized spacial score (nSPS) is 12.6. The molecular weight excluding hydrogens is 771 g/mol. The summed E-state index contributed by atoms with van der Waals surface area (Å²) < 4.78 is 2.61. The second-order valence-corrected chi connectivity index (χ2v) is 17.0. The van der Waals surface area contributed by atoms with Gasteiger partial charge in [0.2, 0.25) is 0 Å². The van der Waals surface area contributed by atoms with Crippen molar-refractivity contribution in [2.45, 2.75) is 5.41 Å². The molecule has 0 fully saturated rings. The van der Waals surface area contributed by atoms with Gasteiger partial charge in [-0.15, -0.1) is 11.3 Å². The van der Waals surface area contributed by atoms with E-state index in [2.05, 4.69) is 218 Å². The highest BCUT2D eigenvalue weighted by Gasteiger charge is 2.47. The molecule has 1 aliphatic rings. The molecule has 1 aliphatic carbocycles. The summed E-state index contributed by atoms with van der Waals surface area (Å²) in [5.74, 6) is 1.89. The monoisotopic (exact) mass is 807 g/mol. The Hall–Kier alpha value is -7.79. The molecule has 9 aromatic carbocycles. The van der Waals surface area contributed by atoms with Crippen LogP contribution in [0.3, 0.4) is 0 Å². The molecule has 12 rings (SSSR count). The molecule has 2 heterocycles. The number of thiophene rings is 1. The fourth-order valence-electron chi connectivity index (χ4n) is 9.60. The predicted molar refractivity (Wildman–Crippen MR) is 257 cm³/mol. The Kier molecular flexibility index (Phi) is 8.58. The molecule has 62 heavy (non-hydrogen) atoms. The number of nitrogens with zero attached hydrogens (tertiary/aromatic N) is 3. The largest absolute Gasteiger partial charge is 0.208 e. The number of fused-ring (bicyclic) bond motifs is 6. The lowest BCUT2D eigenvalue weighted by atomic mass is 9.66. The first-order chi connectivity index (χ1) is 30.7. The average molecular weight is 808 g/mol. The number of hydrogen-bond acceptors (Lipinski definition) is 4. The highest BCUT2D eigenvalue weighted by Crippen LogP contribution is 2.58. The third kappa shape index (κ3) is 5.83. The van der Waals surface area contributed by atoms with E-state index in [0.29, 0.717) is 17.5 Å². The Bertz CT molecular complexity index is 3390. The lowest BCUT2D eigenvalue weighted by Gasteiger charge is -2.35. The van der Waals surface area contributed by atoms with Crippen LogP contribution in [0.2, 0.25) is 0 Å². The van der Waals surface area contributed by atoms with Crippen molar-refractivity contribution < 1.29 is 0 Å². The van der Waals surface area contributed by atoms with Gasteiger partial charge < -0.3 is 0 Å². The molecule has 2 aromatic heterocycles. The molecule has 0 spiro atoms. The topological polar surface area (TPSA) is 38.7 Å². The van der Waals surface area contributed by atoms with E-state index >= 15 is 0 Å². The molecule has 3 nitrogen and oxygen atoms in total. The first kappa shape index (κ1) is 36.1. The van der Waals surface area contributed by atoms with Gasteiger partial charge in [0.25, 0.3) is 0 Å². The van der Waals surface area contributed by atoms with Gasteiger partial charge in [-0.1, -0.05) is 206 Å². The SMILES string of the molecule is c1ccc(-c2ccc(-c3nc(-c4ccc(-c5ccc6sc7ccccc7c6c5)cc4)nc(-c4cccc5c4C(c4ccccc4)(c4ccccc4)c4ccccc4-5)n3)cc2)cc1. The molecule has 0 saturated carbocycles. The van der Waals surface area contributed by atoms with Gasteiger partial charge in [-0.05, 0) is 73.8 Å². The smallest absolute Gasteiger partial charge is 0.164 e. The van der Waals surface area contributed by atoms with Gasteiger partial charge in [0.1, 0.15) is 0 Å². The molecule has 0 bridgehead atoms. The molecule has 0 N–H and O–H groups in total. The van der Waals surface area contributed by atoms with Gasteiger partial charge in [0.15, 0.2) is 17.5 Å². The molecule has 290 valence electrons. The van der Waals surface area contributed by atoms with Crippen LogP contribution in [-0.2, 0) is 5.41 Å². The third-order valence-electron chi connectivity index (χ3n) is 12.5. The van der Waals surface area contributed by atoms with Crippen LogP contribution >= 0.6 is 11.3 Å². The van der Waals surface area contributed by atoms with Crippen LogP contribution in [0.4, 0.5) is 0 Å². The highest BCUT2D eigenvalue weighted by molar-refractivity contribution is 7.25. The summed E-state index contributed by atoms with van der Waals surface area (Å²) in [5.41, 5.74) is 14.0. The maximum absolute atomic E-state index is 5.41. The summed E-state index contributed by atoms with van der Waals surface area (Å²) in [6.07, 6.45) is 0. The Morgan fingerprint density at radius 3 is 1.45 bits per heavy atom. The maximum atomic E-state index is 5.41. The van der Waals surface area contributed by atoms with E-state index in [1.807, 2.05) is 17.4 Å². The number of aromatic nitrogens is 3. The van der Waals surface area contributed by atoms with E-state index in [1.165, 1.54) is 64.7 Å². The van der Waals surface area contributed by atoms with E-state index in [-0.39, 0.29) is 0 Å². The molecule has 0 amide bonds. The Balaban J connectivity index is 1.05. The lowest BCUT2D eigenvalue weighted by molar-refractivity contribution is 0.769. The summed E-state index contributed by atoms with van der Waals surface area (Å²) in [6.45, 7) is 0. The van der Waals surface area contributed by atoms with E-state index in [0.717, 1.165) is 27.8 Å². The summed E-state index contributed by atoms with van der Waals surface area (Å²) in [4.78, 5) is 16.0. The zero-order valence-electron chi connectivity index (χ0n) is 33.6. The second kappa shape index (κ2) is 14.7. The second-order valence-electron chi connectivity index (χ2n) is 15.9. The Morgan fingerprint density at radius 2 is 0.774 bits per heavy atom. The number of rotatable bonds is 7. The minimum absolute atomic E-state index is 0.619. The van der Waals surface area contributed by atoms with Crippen molar-refractivity contribution in [3.05, 3.63) is 247 Å². The van der Waals surface area contributed by atoms with Gasteiger partial charge >= 0.3 is 0 Å². The molecule has 11 aromatic rings. The Labute approximate surface area is 364 Å². The summed E-state index contributed by atoms with van der Waals surface area (Å²) in [6, 6.07) is 80.4. The summed E-state index contributed by atoms with van der Waals surface area (Å²) >= 11 is 1.84. The van der Waals surface area contributed by atoms with Crippen LogP contribution in [0.25, 0.3) is 87.7 Å². The number of hydrogen-bond donors (Lipinski definition) is 0. The maximum Gasteiger partial charge on any atom is 0.164 e. The zero-order valence-corrected chi connectivity index (χ0v) is 34.4. The van der Waals surface area contributed by atoms with Crippen LogP contribution in [0.15, 0.2) is 224 Å². The molecule has 0 unspecified atom stereocenters. The van der Waals surface area contributed by atoms with Gasteiger partial charge in [0, 0.05) is 36.9 Å². The third-order valence-corrected chi connectivity index (χ3v) is 13.6. The van der Waals surface area contributed by atoms with E-state index < -0.39 is 5.41 Å². The van der Waals surface area contributed by atoms with Crippen LogP contribution in [-0.4, -0.2) is 15.0 Å². The van der Waals surface area contributed by atoms with E-state index in [1.54, 1.807) is 0 Å². The van der Waals surface area contributed by atoms with Crippen LogP contribution in [0.1, 0.15) is 22.3 Å². The summed E-state index contributed by atoms with van der Waals surface area (Å²) in [5, 5.41) is 2.59. The van der Waals surface area contributed by atoms with Crippen LogP contribution in [0.5, 0.6) is 0 Å². The average Bonchev–Trinajstić information content (AvgIpc) is 3.88. The van der Waals surface area contributed by atoms with E-state index in [4.69, 9.17) is 15.0 Å². The van der Waals surface area contributed by atoms with Crippen molar-refractivity contribution in [2.75, 3.05) is 0 Å². The first-order valence-electron chi connectivity index (χ1n) is 21.0. The van der Waals surface area contributed by atoms with Crippen molar-refractivity contribution in [1.29, 1.82) is 0 Å². The molecule has 0 saturated heterocycles.